The van der Waals surface area contributed by atoms with Crippen molar-refractivity contribution in [1.29, 1.82) is 0 Å². The maximum Gasteiger partial charge on any atom is 0.246 e. The van der Waals surface area contributed by atoms with Crippen molar-refractivity contribution in [3.63, 3.8) is 0 Å². The fourth-order valence-corrected chi connectivity index (χ4v) is 3.44. The van der Waals surface area contributed by atoms with Crippen LogP contribution in [0.3, 0.4) is 0 Å². The van der Waals surface area contributed by atoms with Gasteiger partial charge in [0.15, 0.2) is 0 Å². The molecule has 1 aromatic carbocycles. The predicted octanol–water partition coefficient (Wildman–Crippen LogP) is 2.68. The Balaban J connectivity index is 1.99. The Hall–Kier alpha value is -1.84. The van der Waals surface area contributed by atoms with Crippen LogP contribution in [0.1, 0.15) is 25.3 Å². The molecule has 198 valence electrons. The second kappa shape index (κ2) is 20.4. The lowest BCUT2D eigenvalue weighted by Gasteiger charge is -2.23. The molecule has 1 rings (SSSR count). The number of nitrogens with one attached hydrogen (secondary N) is 3. The van der Waals surface area contributed by atoms with Crippen LogP contribution in [0.2, 0.25) is 0 Å². The Bertz CT molecular complexity index is 729. The Kier molecular flexibility index (Phi) is 18.1. The molecule has 0 radical (unpaired) electrons. The summed E-state index contributed by atoms with van der Waals surface area (Å²) in [5.74, 6) is 0.935. The van der Waals surface area contributed by atoms with Gasteiger partial charge in [-0.3, -0.25) is 9.59 Å². The third-order valence-corrected chi connectivity index (χ3v) is 5.30. The molecule has 0 saturated heterocycles. The number of carbonyl (C=O) groups is 2. The second-order valence-electron chi connectivity index (χ2n) is 7.92. The highest BCUT2D eigenvalue weighted by atomic mass is 35.5. The van der Waals surface area contributed by atoms with E-state index in [0.29, 0.717) is 63.3 Å². The van der Waals surface area contributed by atoms with Crippen molar-refractivity contribution in [3.05, 3.63) is 42.0 Å². The summed E-state index contributed by atoms with van der Waals surface area (Å²) in [6.07, 6.45) is 1.17. The van der Waals surface area contributed by atoms with Crippen LogP contribution in [0.25, 0.3) is 0 Å². The standard InChI is InChI=1S/C25H40Cl2N4O4/c1-21(2)25(33)30-13-17-35-19-18-34-16-8-24(32)29-12-3-11-28-20-22-4-6-23(7-5-22)31(14-9-26)15-10-27/h4-7,28H,1,3,8-20H2,2H3,(H,29,32)(H,30,33). The lowest BCUT2D eigenvalue weighted by atomic mass is 10.2. The molecule has 35 heavy (non-hydrogen) atoms. The van der Waals surface area contributed by atoms with Gasteiger partial charge in [0.25, 0.3) is 0 Å². The maximum atomic E-state index is 11.9. The van der Waals surface area contributed by atoms with Crippen LogP contribution < -0.4 is 20.9 Å². The van der Waals surface area contributed by atoms with E-state index in [4.69, 9.17) is 32.7 Å². The molecule has 0 bridgehead atoms. The number of hydrogen-bond acceptors (Lipinski definition) is 6. The molecule has 0 aromatic heterocycles. The molecule has 1 aromatic rings. The number of benzene rings is 1. The van der Waals surface area contributed by atoms with Crippen LogP contribution in [-0.2, 0) is 25.6 Å². The summed E-state index contributed by atoms with van der Waals surface area (Å²) in [5.41, 5.74) is 2.80. The molecule has 8 nitrogen and oxygen atoms in total. The van der Waals surface area contributed by atoms with Gasteiger partial charge in [-0.2, -0.15) is 0 Å². The summed E-state index contributed by atoms with van der Waals surface area (Å²) >= 11 is 11.7. The first-order valence-electron chi connectivity index (χ1n) is 12.0. The number of amides is 2. The van der Waals surface area contributed by atoms with E-state index in [2.05, 4.69) is 51.7 Å². The highest BCUT2D eigenvalue weighted by Gasteiger charge is 2.05. The first-order valence-corrected chi connectivity index (χ1v) is 13.1. The topological polar surface area (TPSA) is 91.9 Å². The number of alkyl halides is 2. The molecular formula is C25H40Cl2N4O4. The van der Waals surface area contributed by atoms with Crippen LogP contribution in [0.5, 0.6) is 0 Å². The third kappa shape index (κ3) is 15.7. The highest BCUT2D eigenvalue weighted by Crippen LogP contribution is 2.15. The largest absolute Gasteiger partial charge is 0.379 e. The SMILES string of the molecule is C=C(C)C(=O)NCCOCCOCCC(=O)NCCCNCc1ccc(N(CCCl)CCCl)cc1. The minimum atomic E-state index is -0.175. The zero-order chi connectivity index (χ0) is 25.7. The van der Waals surface area contributed by atoms with Gasteiger partial charge < -0.3 is 30.3 Å². The van der Waals surface area contributed by atoms with E-state index in [1.54, 1.807) is 6.92 Å². The lowest BCUT2D eigenvalue weighted by Crippen LogP contribution is -2.28. The molecule has 10 heteroatoms. The van der Waals surface area contributed by atoms with Crippen LogP contribution in [0.4, 0.5) is 5.69 Å². The van der Waals surface area contributed by atoms with Crippen molar-refractivity contribution in [2.75, 3.05) is 75.8 Å². The number of carbonyl (C=O) groups excluding carboxylic acids is 2. The number of halogens is 2. The fourth-order valence-electron chi connectivity index (χ4n) is 3.04. The van der Waals surface area contributed by atoms with Crippen LogP contribution in [0, 0.1) is 0 Å². The average Bonchev–Trinajstić information content (AvgIpc) is 2.85. The van der Waals surface area contributed by atoms with Gasteiger partial charge in [0.05, 0.1) is 26.4 Å². The van der Waals surface area contributed by atoms with Gasteiger partial charge in [-0.05, 0) is 37.6 Å². The highest BCUT2D eigenvalue weighted by molar-refractivity contribution is 6.18. The summed E-state index contributed by atoms with van der Waals surface area (Å²) < 4.78 is 10.8. The molecule has 0 unspecified atom stereocenters. The summed E-state index contributed by atoms with van der Waals surface area (Å²) in [5, 5.41) is 8.97. The molecular weight excluding hydrogens is 491 g/mol. The Morgan fingerprint density at radius 2 is 1.57 bits per heavy atom. The maximum absolute atomic E-state index is 11.9. The minimum absolute atomic E-state index is 0.0255. The van der Waals surface area contributed by atoms with Crippen LogP contribution >= 0.6 is 23.2 Å². The van der Waals surface area contributed by atoms with E-state index in [1.165, 1.54) is 5.56 Å². The smallest absolute Gasteiger partial charge is 0.246 e. The summed E-state index contributed by atoms with van der Waals surface area (Å²) in [6, 6.07) is 8.39. The van der Waals surface area contributed by atoms with Gasteiger partial charge in [-0.1, -0.05) is 18.7 Å². The van der Waals surface area contributed by atoms with Crippen molar-refractivity contribution in [3.8, 4) is 0 Å². The average molecular weight is 532 g/mol. The van der Waals surface area contributed by atoms with Gasteiger partial charge in [-0.25, -0.2) is 0 Å². The van der Waals surface area contributed by atoms with Gasteiger partial charge in [-0.15, -0.1) is 23.2 Å². The number of ether oxygens (including phenoxy) is 2. The van der Waals surface area contributed by atoms with Crippen molar-refractivity contribution < 1.29 is 19.1 Å². The van der Waals surface area contributed by atoms with Gasteiger partial charge in [0, 0.05) is 62.2 Å². The van der Waals surface area contributed by atoms with Gasteiger partial charge >= 0.3 is 0 Å². The zero-order valence-corrected chi connectivity index (χ0v) is 22.3. The Morgan fingerprint density at radius 3 is 2.20 bits per heavy atom. The van der Waals surface area contributed by atoms with E-state index < -0.39 is 0 Å². The summed E-state index contributed by atoms with van der Waals surface area (Å²) in [7, 11) is 0. The number of rotatable bonds is 21. The van der Waals surface area contributed by atoms with E-state index in [-0.39, 0.29) is 11.8 Å². The van der Waals surface area contributed by atoms with E-state index >= 15 is 0 Å². The third-order valence-electron chi connectivity index (χ3n) is 4.96. The molecule has 0 aliphatic rings. The minimum Gasteiger partial charge on any atom is -0.379 e. The second-order valence-corrected chi connectivity index (χ2v) is 8.68. The zero-order valence-electron chi connectivity index (χ0n) is 20.8. The molecule has 0 aliphatic heterocycles. The van der Waals surface area contributed by atoms with Gasteiger partial charge in [0.1, 0.15) is 0 Å². The van der Waals surface area contributed by atoms with E-state index in [1.807, 2.05) is 0 Å². The van der Waals surface area contributed by atoms with Crippen LogP contribution in [0.15, 0.2) is 36.4 Å². The van der Waals surface area contributed by atoms with Crippen molar-refractivity contribution >= 4 is 40.7 Å². The molecule has 0 fully saturated rings. The Labute approximate surface area is 219 Å². The van der Waals surface area contributed by atoms with E-state index in [0.717, 1.165) is 38.3 Å². The molecule has 0 heterocycles. The van der Waals surface area contributed by atoms with Crippen molar-refractivity contribution in [2.24, 2.45) is 0 Å². The summed E-state index contributed by atoms with van der Waals surface area (Å²) in [6.45, 7) is 11.0. The molecule has 0 aliphatic carbocycles. The molecule has 0 saturated carbocycles. The van der Waals surface area contributed by atoms with Gasteiger partial charge in [0.2, 0.25) is 11.8 Å². The number of nitrogens with zero attached hydrogens (tertiary/aromatic N) is 1. The molecule has 3 N–H and O–H groups in total. The lowest BCUT2D eigenvalue weighted by molar-refractivity contribution is -0.122. The first-order chi connectivity index (χ1) is 17.0. The summed E-state index contributed by atoms with van der Waals surface area (Å²) in [4.78, 5) is 25.3. The predicted molar refractivity (Wildman–Crippen MR) is 144 cm³/mol. The molecule has 0 atom stereocenters. The molecule has 0 spiro atoms. The van der Waals surface area contributed by atoms with Crippen molar-refractivity contribution in [1.82, 2.24) is 16.0 Å². The normalized spacial score (nSPS) is 10.7. The quantitative estimate of drug-likeness (QED) is 0.128. The number of anilines is 1. The first kappa shape index (κ1) is 31.2. The van der Waals surface area contributed by atoms with Crippen molar-refractivity contribution in [2.45, 2.75) is 26.3 Å². The molecule has 2 amide bonds. The van der Waals surface area contributed by atoms with Crippen LogP contribution in [-0.4, -0.2) is 82.7 Å². The monoisotopic (exact) mass is 530 g/mol. The Morgan fingerprint density at radius 1 is 0.914 bits per heavy atom. The van der Waals surface area contributed by atoms with E-state index in [9.17, 15) is 9.59 Å². The fraction of sp³-hybridized carbons (Fsp3) is 0.600. The number of hydrogen-bond donors (Lipinski definition) is 3.